The van der Waals surface area contributed by atoms with E-state index in [0.717, 1.165) is 25.1 Å². The molecule has 2 heterocycles. The fraction of sp³-hybridized carbons (Fsp3) is 0.412. The van der Waals surface area contributed by atoms with Crippen molar-refractivity contribution < 1.29 is 9.15 Å². The number of benzene rings is 1. The molecule has 1 aromatic heterocycles. The minimum Gasteiger partial charge on any atom is -0.467 e. The molecule has 1 aromatic carbocycles. The maximum atomic E-state index is 5.87. The highest BCUT2D eigenvalue weighted by Gasteiger charge is 2.24. The van der Waals surface area contributed by atoms with E-state index in [2.05, 4.69) is 36.5 Å². The van der Waals surface area contributed by atoms with E-state index in [0.29, 0.717) is 12.2 Å². The maximum absolute atomic E-state index is 5.87. The lowest BCUT2D eigenvalue weighted by molar-refractivity contribution is 0.0547. The summed E-state index contributed by atoms with van der Waals surface area (Å²) >= 11 is 0. The highest BCUT2D eigenvalue weighted by Crippen LogP contribution is 2.24. The Morgan fingerprint density at radius 1 is 1.15 bits per heavy atom. The highest BCUT2D eigenvalue weighted by atomic mass is 16.5. The Morgan fingerprint density at radius 2 is 2.00 bits per heavy atom. The van der Waals surface area contributed by atoms with Gasteiger partial charge in [-0.3, -0.25) is 0 Å². The summed E-state index contributed by atoms with van der Waals surface area (Å²) in [5, 5.41) is 3.58. The molecule has 3 rings (SSSR count). The summed E-state index contributed by atoms with van der Waals surface area (Å²) in [5.74, 6) is 0.947. The van der Waals surface area contributed by atoms with Crippen molar-refractivity contribution in [1.82, 2.24) is 5.32 Å². The van der Waals surface area contributed by atoms with E-state index in [9.17, 15) is 0 Å². The molecule has 3 nitrogen and oxygen atoms in total. The van der Waals surface area contributed by atoms with E-state index in [-0.39, 0.29) is 6.04 Å². The number of hydrogen-bond donors (Lipinski definition) is 1. The second-order valence-electron chi connectivity index (χ2n) is 5.41. The highest BCUT2D eigenvalue weighted by molar-refractivity contribution is 5.26. The summed E-state index contributed by atoms with van der Waals surface area (Å²) < 4.78 is 11.5. The van der Waals surface area contributed by atoms with Gasteiger partial charge in [0.25, 0.3) is 0 Å². The number of furan rings is 1. The monoisotopic (exact) mass is 271 g/mol. The molecule has 20 heavy (non-hydrogen) atoms. The molecule has 0 saturated carbocycles. The van der Waals surface area contributed by atoms with Crippen LogP contribution < -0.4 is 5.32 Å². The van der Waals surface area contributed by atoms with E-state index in [1.165, 1.54) is 5.56 Å². The molecule has 1 fully saturated rings. The largest absolute Gasteiger partial charge is 0.467 e. The molecule has 1 saturated heterocycles. The summed E-state index contributed by atoms with van der Waals surface area (Å²) in [6, 6.07) is 14.4. The topological polar surface area (TPSA) is 34.4 Å². The van der Waals surface area contributed by atoms with Gasteiger partial charge in [0.1, 0.15) is 5.76 Å². The lowest BCUT2D eigenvalue weighted by Crippen LogP contribution is -2.31. The van der Waals surface area contributed by atoms with Gasteiger partial charge in [-0.2, -0.15) is 0 Å². The van der Waals surface area contributed by atoms with Crippen molar-refractivity contribution in [2.24, 2.45) is 0 Å². The molecule has 3 unspecified atom stereocenters. The molecule has 106 valence electrons. The maximum Gasteiger partial charge on any atom is 0.125 e. The van der Waals surface area contributed by atoms with Gasteiger partial charge < -0.3 is 14.5 Å². The van der Waals surface area contributed by atoms with Crippen LogP contribution in [0.25, 0.3) is 0 Å². The third kappa shape index (κ3) is 3.11. The molecular formula is C17H21NO2. The zero-order valence-corrected chi connectivity index (χ0v) is 11.8. The Balaban J connectivity index is 1.70. The molecule has 0 bridgehead atoms. The summed E-state index contributed by atoms with van der Waals surface area (Å²) in [6.45, 7) is 2.99. The lowest BCUT2D eigenvalue weighted by atomic mass is 10.0. The normalized spacial score (nSPS) is 23.9. The van der Waals surface area contributed by atoms with Gasteiger partial charge in [-0.05, 0) is 37.5 Å². The Morgan fingerprint density at radius 3 is 2.65 bits per heavy atom. The summed E-state index contributed by atoms with van der Waals surface area (Å²) in [7, 11) is 0. The van der Waals surface area contributed by atoms with Crippen LogP contribution in [0.1, 0.15) is 37.1 Å². The van der Waals surface area contributed by atoms with E-state index in [1.54, 1.807) is 6.26 Å². The number of nitrogens with one attached hydrogen (secondary N) is 1. The van der Waals surface area contributed by atoms with E-state index in [4.69, 9.17) is 9.15 Å². The van der Waals surface area contributed by atoms with Crippen LogP contribution in [0.3, 0.4) is 0 Å². The third-order valence-electron chi connectivity index (χ3n) is 3.83. The van der Waals surface area contributed by atoms with Gasteiger partial charge in [0.2, 0.25) is 0 Å². The molecular weight excluding hydrogens is 250 g/mol. The second-order valence-corrected chi connectivity index (χ2v) is 5.41. The zero-order chi connectivity index (χ0) is 13.8. The van der Waals surface area contributed by atoms with Crippen LogP contribution in [-0.4, -0.2) is 18.8 Å². The van der Waals surface area contributed by atoms with E-state index < -0.39 is 0 Å². The molecule has 0 amide bonds. The number of rotatable bonds is 5. The van der Waals surface area contributed by atoms with Gasteiger partial charge in [-0.1, -0.05) is 30.3 Å². The van der Waals surface area contributed by atoms with Crippen LogP contribution >= 0.6 is 0 Å². The molecule has 3 heteroatoms. The van der Waals surface area contributed by atoms with Crippen molar-refractivity contribution in [2.75, 3.05) is 6.54 Å². The van der Waals surface area contributed by atoms with Gasteiger partial charge in [0.15, 0.2) is 0 Å². The SMILES string of the molecule is CC1CCC(CNC(c2ccccc2)c2ccco2)O1. The average molecular weight is 271 g/mol. The Bertz CT molecular complexity index is 509. The van der Waals surface area contributed by atoms with Crippen LogP contribution in [0.15, 0.2) is 53.1 Å². The Hall–Kier alpha value is -1.58. The van der Waals surface area contributed by atoms with Crippen molar-refractivity contribution in [3.8, 4) is 0 Å². The molecule has 0 radical (unpaired) electrons. The van der Waals surface area contributed by atoms with Crippen molar-refractivity contribution in [2.45, 2.75) is 38.0 Å². The Kier molecular flexibility index (Phi) is 4.19. The van der Waals surface area contributed by atoms with Crippen molar-refractivity contribution in [1.29, 1.82) is 0 Å². The van der Waals surface area contributed by atoms with E-state index in [1.807, 2.05) is 18.2 Å². The summed E-state index contributed by atoms with van der Waals surface area (Å²) in [6.07, 6.45) is 4.71. The van der Waals surface area contributed by atoms with Crippen molar-refractivity contribution in [3.63, 3.8) is 0 Å². The molecule has 1 N–H and O–H groups in total. The van der Waals surface area contributed by atoms with Gasteiger partial charge in [0, 0.05) is 6.54 Å². The third-order valence-corrected chi connectivity index (χ3v) is 3.83. The summed E-state index contributed by atoms with van der Waals surface area (Å²) in [5.41, 5.74) is 1.22. The van der Waals surface area contributed by atoms with Gasteiger partial charge in [-0.25, -0.2) is 0 Å². The first-order chi connectivity index (χ1) is 9.83. The van der Waals surface area contributed by atoms with Gasteiger partial charge in [0.05, 0.1) is 24.5 Å². The molecule has 1 aliphatic heterocycles. The molecule has 2 aromatic rings. The molecule has 0 aliphatic carbocycles. The van der Waals surface area contributed by atoms with Crippen LogP contribution in [-0.2, 0) is 4.74 Å². The molecule has 1 aliphatic rings. The van der Waals surface area contributed by atoms with Gasteiger partial charge >= 0.3 is 0 Å². The smallest absolute Gasteiger partial charge is 0.125 e. The quantitative estimate of drug-likeness (QED) is 0.903. The van der Waals surface area contributed by atoms with Crippen LogP contribution in [0, 0.1) is 0 Å². The first-order valence-corrected chi connectivity index (χ1v) is 7.30. The number of ether oxygens (including phenoxy) is 1. The van der Waals surface area contributed by atoms with E-state index >= 15 is 0 Å². The predicted octanol–water partition coefficient (Wildman–Crippen LogP) is 3.53. The minimum absolute atomic E-state index is 0.0886. The lowest BCUT2D eigenvalue weighted by Gasteiger charge is -2.20. The summed E-state index contributed by atoms with van der Waals surface area (Å²) in [4.78, 5) is 0. The van der Waals surface area contributed by atoms with Crippen LogP contribution in [0.2, 0.25) is 0 Å². The van der Waals surface area contributed by atoms with Crippen LogP contribution in [0.4, 0.5) is 0 Å². The average Bonchev–Trinajstić information content (AvgIpc) is 3.12. The first kappa shape index (κ1) is 13.4. The first-order valence-electron chi connectivity index (χ1n) is 7.30. The Labute approximate surface area is 119 Å². The van der Waals surface area contributed by atoms with Crippen LogP contribution in [0.5, 0.6) is 0 Å². The van der Waals surface area contributed by atoms with Crippen molar-refractivity contribution >= 4 is 0 Å². The fourth-order valence-corrected chi connectivity index (χ4v) is 2.77. The zero-order valence-electron chi connectivity index (χ0n) is 11.8. The van der Waals surface area contributed by atoms with Gasteiger partial charge in [-0.15, -0.1) is 0 Å². The predicted molar refractivity (Wildman–Crippen MR) is 78.6 cm³/mol. The fourth-order valence-electron chi connectivity index (χ4n) is 2.77. The molecule has 0 spiro atoms. The number of hydrogen-bond acceptors (Lipinski definition) is 3. The second kappa shape index (κ2) is 6.25. The molecule has 3 atom stereocenters. The standard InChI is InChI=1S/C17H21NO2/c1-13-9-10-15(20-13)12-18-17(16-8-5-11-19-16)14-6-3-2-4-7-14/h2-8,11,13,15,17-18H,9-10,12H2,1H3. The minimum atomic E-state index is 0.0886. The van der Waals surface area contributed by atoms with Crippen molar-refractivity contribution in [3.05, 3.63) is 60.1 Å².